The second-order valence-electron chi connectivity index (χ2n) is 4.31. The number of aromatic nitrogens is 1. The van der Waals surface area contributed by atoms with Crippen LogP contribution in [-0.4, -0.2) is 18.2 Å². The lowest BCUT2D eigenvalue weighted by molar-refractivity contribution is 0.770. The van der Waals surface area contributed by atoms with E-state index in [-0.39, 0.29) is 0 Å². The second-order valence-corrected chi connectivity index (χ2v) is 4.31. The third-order valence-electron chi connectivity index (χ3n) is 3.11. The van der Waals surface area contributed by atoms with Crippen LogP contribution in [0.3, 0.4) is 0 Å². The maximum absolute atomic E-state index is 3.21. The molecule has 0 atom stereocenters. The Morgan fingerprint density at radius 2 is 2.12 bits per heavy atom. The Balaban J connectivity index is 2.50. The van der Waals surface area contributed by atoms with Gasteiger partial charge in [-0.15, -0.1) is 0 Å². The van der Waals surface area contributed by atoms with Crippen LogP contribution in [0.5, 0.6) is 0 Å². The number of rotatable bonds is 4. The van der Waals surface area contributed by atoms with Crippen molar-refractivity contribution in [2.24, 2.45) is 0 Å². The van der Waals surface area contributed by atoms with E-state index in [1.807, 2.05) is 7.05 Å². The monoisotopic (exact) mass is 216 g/mol. The molecule has 2 nitrogen and oxygen atoms in total. The van der Waals surface area contributed by atoms with Gasteiger partial charge >= 0.3 is 0 Å². The number of aryl methyl sites for hydroxylation is 2. The molecule has 2 rings (SSSR count). The van der Waals surface area contributed by atoms with Crippen molar-refractivity contribution >= 4 is 10.9 Å². The summed E-state index contributed by atoms with van der Waals surface area (Å²) in [7, 11) is 2.00. The van der Waals surface area contributed by atoms with E-state index in [2.05, 4.69) is 48.1 Å². The highest BCUT2D eigenvalue weighted by molar-refractivity contribution is 5.84. The molecular formula is C14H20N2. The van der Waals surface area contributed by atoms with E-state index in [0.717, 1.165) is 19.5 Å². The minimum Gasteiger partial charge on any atom is -0.347 e. The standard InChI is InChI=1S/C14H20N2/c1-4-16-10-12(7-8-15-3)13-6-5-11(2)9-14(13)16/h5-6,9-10,15H,4,7-8H2,1-3H3. The quantitative estimate of drug-likeness (QED) is 0.831. The molecule has 0 bridgehead atoms. The molecule has 2 aromatic rings. The van der Waals surface area contributed by atoms with Crippen LogP contribution in [0.25, 0.3) is 10.9 Å². The molecule has 0 fully saturated rings. The van der Waals surface area contributed by atoms with Gasteiger partial charge in [0.15, 0.2) is 0 Å². The maximum atomic E-state index is 3.21. The Labute approximate surface area is 97.3 Å². The summed E-state index contributed by atoms with van der Waals surface area (Å²) in [4.78, 5) is 0. The third kappa shape index (κ3) is 1.98. The molecule has 0 radical (unpaired) electrons. The van der Waals surface area contributed by atoms with Gasteiger partial charge in [0.05, 0.1) is 0 Å². The Bertz CT molecular complexity index is 483. The first-order valence-corrected chi connectivity index (χ1v) is 5.99. The summed E-state index contributed by atoms with van der Waals surface area (Å²) in [6, 6.07) is 6.73. The largest absolute Gasteiger partial charge is 0.347 e. The van der Waals surface area contributed by atoms with Gasteiger partial charge in [-0.25, -0.2) is 0 Å². The fourth-order valence-electron chi connectivity index (χ4n) is 2.20. The molecule has 0 unspecified atom stereocenters. The summed E-state index contributed by atoms with van der Waals surface area (Å²) in [6.45, 7) is 6.43. The summed E-state index contributed by atoms with van der Waals surface area (Å²) in [5.74, 6) is 0. The van der Waals surface area contributed by atoms with Crippen molar-refractivity contribution in [2.75, 3.05) is 13.6 Å². The van der Waals surface area contributed by atoms with Gasteiger partial charge in [-0.3, -0.25) is 0 Å². The van der Waals surface area contributed by atoms with Gasteiger partial charge in [-0.05, 0) is 51.1 Å². The molecule has 0 saturated carbocycles. The summed E-state index contributed by atoms with van der Waals surface area (Å²) in [5, 5.41) is 4.62. The fourth-order valence-corrected chi connectivity index (χ4v) is 2.20. The van der Waals surface area contributed by atoms with Crippen molar-refractivity contribution in [1.29, 1.82) is 0 Å². The van der Waals surface area contributed by atoms with Gasteiger partial charge in [0, 0.05) is 23.6 Å². The number of hydrogen-bond donors (Lipinski definition) is 1. The zero-order valence-corrected chi connectivity index (χ0v) is 10.4. The molecule has 0 saturated heterocycles. The zero-order chi connectivity index (χ0) is 11.5. The van der Waals surface area contributed by atoms with Crippen LogP contribution in [0.2, 0.25) is 0 Å². The van der Waals surface area contributed by atoms with Gasteiger partial charge in [0.25, 0.3) is 0 Å². The van der Waals surface area contributed by atoms with Crippen molar-refractivity contribution in [2.45, 2.75) is 26.8 Å². The van der Waals surface area contributed by atoms with Crippen LogP contribution in [-0.2, 0) is 13.0 Å². The molecule has 86 valence electrons. The predicted molar refractivity (Wildman–Crippen MR) is 70.0 cm³/mol. The minimum absolute atomic E-state index is 1.04. The van der Waals surface area contributed by atoms with Crippen LogP contribution in [0.15, 0.2) is 24.4 Å². The van der Waals surface area contributed by atoms with E-state index >= 15 is 0 Å². The number of benzene rings is 1. The van der Waals surface area contributed by atoms with E-state index in [9.17, 15) is 0 Å². The summed E-state index contributed by atoms with van der Waals surface area (Å²) in [6.07, 6.45) is 3.39. The molecular weight excluding hydrogens is 196 g/mol. The lowest BCUT2D eigenvalue weighted by atomic mass is 10.1. The molecule has 1 aromatic carbocycles. The Morgan fingerprint density at radius 3 is 2.81 bits per heavy atom. The molecule has 0 aliphatic rings. The molecule has 2 heteroatoms. The lowest BCUT2D eigenvalue weighted by Crippen LogP contribution is -2.09. The van der Waals surface area contributed by atoms with Gasteiger partial charge in [0.2, 0.25) is 0 Å². The molecule has 16 heavy (non-hydrogen) atoms. The molecule has 1 aromatic heterocycles. The Morgan fingerprint density at radius 1 is 1.31 bits per heavy atom. The zero-order valence-electron chi connectivity index (χ0n) is 10.4. The lowest BCUT2D eigenvalue weighted by Gasteiger charge is -2.00. The first-order chi connectivity index (χ1) is 7.76. The summed E-state index contributed by atoms with van der Waals surface area (Å²) < 4.78 is 2.34. The highest BCUT2D eigenvalue weighted by atomic mass is 14.9. The average molecular weight is 216 g/mol. The first-order valence-electron chi connectivity index (χ1n) is 5.99. The van der Waals surface area contributed by atoms with E-state index in [4.69, 9.17) is 0 Å². The molecule has 0 spiro atoms. The molecule has 1 N–H and O–H groups in total. The van der Waals surface area contributed by atoms with Crippen LogP contribution >= 0.6 is 0 Å². The topological polar surface area (TPSA) is 17.0 Å². The van der Waals surface area contributed by atoms with Crippen molar-refractivity contribution in [3.63, 3.8) is 0 Å². The Hall–Kier alpha value is -1.28. The van der Waals surface area contributed by atoms with E-state index < -0.39 is 0 Å². The summed E-state index contributed by atoms with van der Waals surface area (Å²) in [5.41, 5.74) is 4.15. The van der Waals surface area contributed by atoms with Crippen molar-refractivity contribution in [3.8, 4) is 0 Å². The molecule has 0 amide bonds. The van der Waals surface area contributed by atoms with Crippen molar-refractivity contribution in [3.05, 3.63) is 35.5 Å². The highest BCUT2D eigenvalue weighted by Crippen LogP contribution is 2.23. The normalized spacial score (nSPS) is 11.2. The number of hydrogen-bond acceptors (Lipinski definition) is 1. The van der Waals surface area contributed by atoms with E-state index in [0.29, 0.717) is 0 Å². The molecule has 0 aliphatic heterocycles. The summed E-state index contributed by atoms with van der Waals surface area (Å²) >= 11 is 0. The number of nitrogens with zero attached hydrogens (tertiary/aromatic N) is 1. The van der Waals surface area contributed by atoms with Crippen molar-refractivity contribution < 1.29 is 0 Å². The average Bonchev–Trinajstić information content (AvgIpc) is 2.63. The first kappa shape index (κ1) is 11.2. The van der Waals surface area contributed by atoms with Gasteiger partial charge in [-0.1, -0.05) is 12.1 Å². The second kappa shape index (κ2) is 4.71. The van der Waals surface area contributed by atoms with Crippen LogP contribution < -0.4 is 5.32 Å². The minimum atomic E-state index is 1.04. The number of likely N-dealkylation sites (N-methyl/N-ethyl adjacent to an activating group) is 1. The molecule has 1 heterocycles. The van der Waals surface area contributed by atoms with Crippen LogP contribution in [0, 0.1) is 6.92 Å². The third-order valence-corrected chi connectivity index (χ3v) is 3.11. The van der Waals surface area contributed by atoms with Gasteiger partial charge < -0.3 is 9.88 Å². The fraction of sp³-hybridized carbons (Fsp3) is 0.429. The van der Waals surface area contributed by atoms with Gasteiger partial charge in [-0.2, -0.15) is 0 Å². The Kier molecular flexibility index (Phi) is 3.30. The van der Waals surface area contributed by atoms with E-state index in [1.54, 1.807) is 0 Å². The van der Waals surface area contributed by atoms with Gasteiger partial charge in [0.1, 0.15) is 0 Å². The maximum Gasteiger partial charge on any atom is 0.0485 e. The number of nitrogens with one attached hydrogen (secondary N) is 1. The van der Waals surface area contributed by atoms with Crippen LogP contribution in [0.4, 0.5) is 0 Å². The van der Waals surface area contributed by atoms with Crippen molar-refractivity contribution in [1.82, 2.24) is 9.88 Å². The smallest absolute Gasteiger partial charge is 0.0485 e. The highest BCUT2D eigenvalue weighted by Gasteiger charge is 2.06. The van der Waals surface area contributed by atoms with E-state index in [1.165, 1.54) is 22.0 Å². The number of fused-ring (bicyclic) bond motifs is 1. The predicted octanol–water partition coefficient (Wildman–Crippen LogP) is 2.73. The SMILES string of the molecule is CCn1cc(CCNC)c2ccc(C)cc21. The van der Waals surface area contributed by atoms with Crippen LogP contribution in [0.1, 0.15) is 18.1 Å². The molecule has 0 aliphatic carbocycles.